The number of hydrogen-bond donors (Lipinski definition) is 1. The number of aromatic nitrogens is 2. The number of nitrogens with one attached hydrogen (secondary N) is 1. The van der Waals surface area contributed by atoms with Gasteiger partial charge in [-0.25, -0.2) is 9.97 Å². The van der Waals surface area contributed by atoms with Gasteiger partial charge >= 0.3 is 0 Å². The molecule has 2 aromatic rings. The molecule has 21 heavy (non-hydrogen) atoms. The Balaban J connectivity index is 2.19. The third kappa shape index (κ3) is 4.18. The maximum atomic E-state index is 5.93. The smallest absolute Gasteiger partial charge is 0.224 e. The lowest BCUT2D eigenvalue weighted by molar-refractivity contribution is 0.457. The van der Waals surface area contributed by atoms with Crippen LogP contribution in [0.25, 0.3) is 0 Å². The summed E-state index contributed by atoms with van der Waals surface area (Å²) in [6.45, 7) is 9.39. The van der Waals surface area contributed by atoms with E-state index in [-0.39, 0.29) is 0 Å². The van der Waals surface area contributed by atoms with Crippen molar-refractivity contribution in [2.75, 3.05) is 11.9 Å². The number of rotatable bonds is 6. The predicted octanol–water partition coefficient (Wildman–Crippen LogP) is 4.52. The number of nitrogens with zero attached hydrogens (tertiary/aromatic N) is 2. The lowest BCUT2D eigenvalue weighted by Crippen LogP contribution is -2.02. The number of benzene rings is 1. The Morgan fingerprint density at radius 3 is 2.71 bits per heavy atom. The number of aryl methyl sites for hydroxylation is 1. The Morgan fingerprint density at radius 1 is 1.19 bits per heavy atom. The first-order valence-corrected chi connectivity index (χ1v) is 7.44. The van der Waals surface area contributed by atoms with E-state index in [2.05, 4.69) is 54.3 Å². The van der Waals surface area contributed by atoms with Crippen molar-refractivity contribution in [3.8, 4) is 11.6 Å². The second kappa shape index (κ2) is 7.07. The first-order valence-electron chi connectivity index (χ1n) is 7.44. The molecular weight excluding hydrogens is 262 g/mol. The molecule has 1 aromatic carbocycles. The zero-order valence-corrected chi connectivity index (χ0v) is 13.2. The summed E-state index contributed by atoms with van der Waals surface area (Å²) in [4.78, 5) is 8.37. The van der Waals surface area contributed by atoms with E-state index in [0.29, 0.717) is 11.8 Å². The largest absolute Gasteiger partial charge is 0.439 e. The van der Waals surface area contributed by atoms with Gasteiger partial charge in [0.05, 0.1) is 0 Å². The molecule has 0 unspecified atom stereocenters. The molecule has 0 fully saturated rings. The number of anilines is 1. The molecule has 2 rings (SSSR count). The Kier molecular flexibility index (Phi) is 5.14. The van der Waals surface area contributed by atoms with E-state index in [1.807, 2.05) is 13.0 Å². The molecule has 0 amide bonds. The molecule has 0 aliphatic rings. The van der Waals surface area contributed by atoms with Crippen molar-refractivity contribution in [3.05, 3.63) is 41.7 Å². The Hall–Kier alpha value is -2.10. The van der Waals surface area contributed by atoms with Gasteiger partial charge in [0.15, 0.2) is 0 Å². The molecule has 0 saturated heterocycles. The van der Waals surface area contributed by atoms with Crippen LogP contribution in [0.5, 0.6) is 11.6 Å². The first kappa shape index (κ1) is 15.3. The highest BCUT2D eigenvalue weighted by molar-refractivity contribution is 5.42. The molecule has 4 nitrogen and oxygen atoms in total. The van der Waals surface area contributed by atoms with E-state index in [1.54, 1.807) is 0 Å². The molecule has 0 atom stereocenters. The van der Waals surface area contributed by atoms with Crippen molar-refractivity contribution in [1.29, 1.82) is 0 Å². The average Bonchev–Trinajstić information content (AvgIpc) is 2.47. The summed E-state index contributed by atoms with van der Waals surface area (Å²) in [5, 5.41) is 3.23. The molecule has 0 saturated carbocycles. The fraction of sp³-hybridized carbons (Fsp3) is 0.412. The molecular formula is C17H23N3O. The van der Waals surface area contributed by atoms with Crippen LogP contribution in [-0.4, -0.2) is 16.5 Å². The highest BCUT2D eigenvalue weighted by atomic mass is 16.5. The number of ether oxygens (including phenoxy) is 1. The van der Waals surface area contributed by atoms with Gasteiger partial charge in [-0.1, -0.05) is 32.9 Å². The quantitative estimate of drug-likeness (QED) is 0.847. The van der Waals surface area contributed by atoms with Crippen molar-refractivity contribution in [1.82, 2.24) is 9.97 Å². The molecule has 1 heterocycles. The van der Waals surface area contributed by atoms with Crippen LogP contribution in [0.4, 0.5) is 5.82 Å². The maximum Gasteiger partial charge on any atom is 0.224 e. The molecule has 0 spiro atoms. The monoisotopic (exact) mass is 285 g/mol. The summed E-state index contributed by atoms with van der Waals surface area (Å²) in [5.74, 6) is 2.67. The fourth-order valence-corrected chi connectivity index (χ4v) is 1.94. The molecule has 112 valence electrons. The van der Waals surface area contributed by atoms with Gasteiger partial charge in [-0.3, -0.25) is 0 Å². The van der Waals surface area contributed by atoms with Gasteiger partial charge in [0.25, 0.3) is 0 Å². The van der Waals surface area contributed by atoms with E-state index in [4.69, 9.17) is 4.74 Å². The third-order valence-corrected chi connectivity index (χ3v) is 3.29. The van der Waals surface area contributed by atoms with Crippen LogP contribution in [0, 0.1) is 6.92 Å². The summed E-state index contributed by atoms with van der Waals surface area (Å²) in [6.07, 6.45) is 2.57. The minimum atomic E-state index is 0.472. The van der Waals surface area contributed by atoms with Gasteiger partial charge in [-0.05, 0) is 36.5 Å². The Morgan fingerprint density at radius 2 is 2.00 bits per heavy atom. The highest BCUT2D eigenvalue weighted by Crippen LogP contribution is 2.28. The minimum absolute atomic E-state index is 0.472. The SMILES string of the molecule is CCCNc1cc(Oc2cc(C(C)C)ccc2C)ncn1. The molecule has 0 aliphatic heterocycles. The zero-order chi connectivity index (χ0) is 15.2. The maximum absolute atomic E-state index is 5.93. The van der Waals surface area contributed by atoms with Crippen molar-refractivity contribution in [2.45, 2.75) is 40.0 Å². The zero-order valence-electron chi connectivity index (χ0n) is 13.2. The number of hydrogen-bond acceptors (Lipinski definition) is 4. The fourth-order valence-electron chi connectivity index (χ4n) is 1.94. The molecule has 1 aromatic heterocycles. The van der Waals surface area contributed by atoms with E-state index in [1.165, 1.54) is 11.9 Å². The first-order chi connectivity index (χ1) is 10.1. The average molecular weight is 285 g/mol. The van der Waals surface area contributed by atoms with E-state index in [0.717, 1.165) is 30.1 Å². The van der Waals surface area contributed by atoms with Crippen molar-refractivity contribution >= 4 is 5.82 Å². The van der Waals surface area contributed by atoms with Gasteiger partial charge in [-0.2, -0.15) is 0 Å². The normalized spacial score (nSPS) is 10.7. The van der Waals surface area contributed by atoms with Crippen LogP contribution >= 0.6 is 0 Å². The van der Waals surface area contributed by atoms with Crippen molar-refractivity contribution < 1.29 is 4.74 Å². The van der Waals surface area contributed by atoms with Crippen LogP contribution in [0.15, 0.2) is 30.6 Å². The van der Waals surface area contributed by atoms with Crippen LogP contribution in [0.3, 0.4) is 0 Å². The second-order valence-corrected chi connectivity index (χ2v) is 5.45. The second-order valence-electron chi connectivity index (χ2n) is 5.45. The molecule has 0 bridgehead atoms. The summed E-state index contributed by atoms with van der Waals surface area (Å²) in [7, 11) is 0. The van der Waals surface area contributed by atoms with Crippen LogP contribution in [0.2, 0.25) is 0 Å². The lowest BCUT2D eigenvalue weighted by atomic mass is 10.0. The standard InChI is InChI=1S/C17H23N3O/c1-5-8-18-16-10-17(20-11-19-16)21-15-9-14(12(2)3)7-6-13(15)4/h6-7,9-12H,5,8H2,1-4H3,(H,18,19,20). The van der Waals surface area contributed by atoms with E-state index in [9.17, 15) is 0 Å². The molecule has 1 N–H and O–H groups in total. The van der Waals surface area contributed by atoms with Crippen LogP contribution < -0.4 is 10.1 Å². The third-order valence-electron chi connectivity index (χ3n) is 3.29. The van der Waals surface area contributed by atoms with Gasteiger partial charge in [0.2, 0.25) is 5.88 Å². The Labute approximate surface area is 126 Å². The van der Waals surface area contributed by atoms with E-state index < -0.39 is 0 Å². The lowest BCUT2D eigenvalue weighted by Gasteiger charge is -2.12. The predicted molar refractivity (Wildman–Crippen MR) is 86.2 cm³/mol. The molecule has 0 aliphatic carbocycles. The van der Waals surface area contributed by atoms with Crippen LogP contribution in [-0.2, 0) is 0 Å². The van der Waals surface area contributed by atoms with Gasteiger partial charge in [0, 0.05) is 12.6 Å². The van der Waals surface area contributed by atoms with Gasteiger partial charge in [-0.15, -0.1) is 0 Å². The van der Waals surface area contributed by atoms with Crippen molar-refractivity contribution in [2.24, 2.45) is 0 Å². The summed E-state index contributed by atoms with van der Waals surface area (Å²) < 4.78 is 5.93. The van der Waals surface area contributed by atoms with Gasteiger partial charge in [0.1, 0.15) is 17.9 Å². The Bertz CT molecular complexity index is 596. The minimum Gasteiger partial charge on any atom is -0.439 e. The molecule has 4 heteroatoms. The van der Waals surface area contributed by atoms with Crippen LogP contribution in [0.1, 0.15) is 44.2 Å². The molecule has 0 radical (unpaired) electrons. The van der Waals surface area contributed by atoms with Gasteiger partial charge < -0.3 is 10.1 Å². The van der Waals surface area contributed by atoms with E-state index >= 15 is 0 Å². The summed E-state index contributed by atoms with van der Waals surface area (Å²) >= 11 is 0. The topological polar surface area (TPSA) is 47.0 Å². The summed E-state index contributed by atoms with van der Waals surface area (Å²) in [5.41, 5.74) is 2.36. The van der Waals surface area contributed by atoms with Crippen molar-refractivity contribution in [3.63, 3.8) is 0 Å². The summed E-state index contributed by atoms with van der Waals surface area (Å²) in [6, 6.07) is 8.14. The highest BCUT2D eigenvalue weighted by Gasteiger charge is 2.07.